The molecule has 4 heterocycles. The smallest absolute Gasteiger partial charge is 0.194 e. The van der Waals surface area contributed by atoms with Crippen LogP contribution in [0.2, 0.25) is 0 Å². The molecule has 1 N–H and O–H groups in total. The third kappa shape index (κ3) is 2.84. The van der Waals surface area contributed by atoms with Gasteiger partial charge in [-0.25, -0.2) is 0 Å². The number of rotatable bonds is 2. The zero-order chi connectivity index (χ0) is 15.3. The molecule has 0 saturated carbocycles. The van der Waals surface area contributed by atoms with E-state index in [1.54, 1.807) is 0 Å². The molecule has 3 saturated heterocycles. The average Bonchev–Trinajstić information content (AvgIpc) is 3.25. The minimum atomic E-state index is 0. The van der Waals surface area contributed by atoms with Crippen LogP contribution in [0.25, 0.3) is 0 Å². The molecule has 1 aromatic heterocycles. The Morgan fingerprint density at radius 1 is 1.26 bits per heavy atom. The maximum atomic E-state index is 6.04. The van der Waals surface area contributed by atoms with Crippen molar-refractivity contribution in [1.29, 1.82) is 0 Å². The lowest BCUT2D eigenvalue weighted by Crippen LogP contribution is -2.41. The summed E-state index contributed by atoms with van der Waals surface area (Å²) in [6, 6.07) is 0. The SMILES string of the molecule is CN=C(NCc1nnc(C)n1C)N1CC2C3CCC(O3)C2C1.I. The van der Waals surface area contributed by atoms with Crippen LogP contribution in [0.5, 0.6) is 0 Å². The standard InChI is InChI=1S/C15H24N6O.HI/c1-9-18-19-14(20(9)3)6-17-15(16-2)21-7-10-11(8-21)13-5-4-12(10)22-13;/h10-13H,4-8H2,1-3H3,(H,16,17);1H. The van der Waals surface area contributed by atoms with Gasteiger partial charge in [0.05, 0.1) is 18.8 Å². The van der Waals surface area contributed by atoms with Crippen LogP contribution in [-0.4, -0.2) is 58.0 Å². The van der Waals surface area contributed by atoms with E-state index in [-0.39, 0.29) is 24.0 Å². The van der Waals surface area contributed by atoms with Crippen LogP contribution in [-0.2, 0) is 18.3 Å². The summed E-state index contributed by atoms with van der Waals surface area (Å²) in [5, 5.41) is 11.7. The van der Waals surface area contributed by atoms with Crippen LogP contribution >= 0.6 is 24.0 Å². The summed E-state index contributed by atoms with van der Waals surface area (Å²) in [6.45, 7) is 4.73. The predicted molar refractivity (Wildman–Crippen MR) is 97.8 cm³/mol. The lowest BCUT2D eigenvalue weighted by atomic mass is 9.82. The molecule has 3 aliphatic heterocycles. The van der Waals surface area contributed by atoms with Gasteiger partial charge >= 0.3 is 0 Å². The first-order valence-electron chi connectivity index (χ1n) is 8.13. The fourth-order valence-corrected chi connectivity index (χ4v) is 4.23. The number of nitrogens with zero attached hydrogens (tertiary/aromatic N) is 5. The molecule has 4 unspecified atom stereocenters. The van der Waals surface area contributed by atoms with Crippen LogP contribution < -0.4 is 5.32 Å². The number of aromatic nitrogens is 3. The lowest BCUT2D eigenvalue weighted by Gasteiger charge is -2.23. The Bertz CT molecular complexity index is 585. The van der Waals surface area contributed by atoms with Gasteiger partial charge in [0.15, 0.2) is 11.8 Å². The van der Waals surface area contributed by atoms with Gasteiger partial charge in [0.2, 0.25) is 0 Å². The van der Waals surface area contributed by atoms with E-state index in [9.17, 15) is 0 Å². The van der Waals surface area contributed by atoms with Gasteiger partial charge in [-0.1, -0.05) is 0 Å². The summed E-state index contributed by atoms with van der Waals surface area (Å²) >= 11 is 0. The first-order valence-corrected chi connectivity index (χ1v) is 8.13. The van der Waals surface area contributed by atoms with E-state index in [2.05, 4.69) is 25.4 Å². The number of guanidine groups is 1. The second-order valence-corrected chi connectivity index (χ2v) is 6.65. The van der Waals surface area contributed by atoms with Crippen LogP contribution in [0.4, 0.5) is 0 Å². The van der Waals surface area contributed by atoms with Crippen molar-refractivity contribution in [3.8, 4) is 0 Å². The van der Waals surface area contributed by atoms with Crippen molar-refractivity contribution in [3.63, 3.8) is 0 Å². The largest absolute Gasteiger partial charge is 0.374 e. The highest BCUT2D eigenvalue weighted by atomic mass is 127. The molecule has 3 fully saturated rings. The van der Waals surface area contributed by atoms with Gasteiger partial charge < -0.3 is 19.5 Å². The molecule has 0 amide bonds. The van der Waals surface area contributed by atoms with Gasteiger partial charge in [0.1, 0.15) is 5.82 Å². The summed E-state index contributed by atoms with van der Waals surface area (Å²) in [6.07, 6.45) is 3.45. The van der Waals surface area contributed by atoms with Crippen LogP contribution in [0.1, 0.15) is 24.5 Å². The fourth-order valence-electron chi connectivity index (χ4n) is 4.23. The zero-order valence-corrected chi connectivity index (χ0v) is 16.2. The molecule has 0 aromatic carbocycles. The monoisotopic (exact) mass is 432 g/mol. The Morgan fingerprint density at radius 3 is 2.43 bits per heavy atom. The van der Waals surface area contributed by atoms with Crippen molar-refractivity contribution >= 4 is 29.9 Å². The number of hydrogen-bond donors (Lipinski definition) is 1. The number of likely N-dealkylation sites (tertiary alicyclic amines) is 1. The minimum Gasteiger partial charge on any atom is -0.374 e. The number of ether oxygens (including phenoxy) is 1. The van der Waals surface area contributed by atoms with E-state index in [4.69, 9.17) is 4.74 Å². The van der Waals surface area contributed by atoms with E-state index >= 15 is 0 Å². The van der Waals surface area contributed by atoms with Gasteiger partial charge in [-0.05, 0) is 19.8 Å². The molecule has 0 spiro atoms. The highest BCUT2D eigenvalue weighted by molar-refractivity contribution is 14.0. The van der Waals surface area contributed by atoms with Crippen molar-refractivity contribution in [1.82, 2.24) is 25.0 Å². The molecule has 2 bridgehead atoms. The molecule has 23 heavy (non-hydrogen) atoms. The van der Waals surface area contributed by atoms with Gasteiger partial charge in [-0.15, -0.1) is 34.2 Å². The Morgan fingerprint density at radius 2 is 1.91 bits per heavy atom. The third-order valence-electron chi connectivity index (χ3n) is 5.55. The molecule has 8 heteroatoms. The molecule has 1 aromatic rings. The second kappa shape index (κ2) is 6.54. The number of fused-ring (bicyclic) bond motifs is 5. The van der Waals surface area contributed by atoms with Crippen molar-refractivity contribution in [3.05, 3.63) is 11.6 Å². The summed E-state index contributed by atoms with van der Waals surface area (Å²) in [7, 11) is 3.84. The first kappa shape index (κ1) is 16.9. The summed E-state index contributed by atoms with van der Waals surface area (Å²) in [5.41, 5.74) is 0. The topological polar surface area (TPSA) is 67.6 Å². The average molecular weight is 432 g/mol. The number of aliphatic imine (C=N–C) groups is 1. The number of halogens is 1. The van der Waals surface area contributed by atoms with Gasteiger partial charge in [0, 0.05) is 39.0 Å². The van der Waals surface area contributed by atoms with E-state index in [1.165, 1.54) is 12.8 Å². The predicted octanol–water partition coefficient (Wildman–Crippen LogP) is 0.926. The van der Waals surface area contributed by atoms with Crippen LogP contribution in [0.3, 0.4) is 0 Å². The fraction of sp³-hybridized carbons (Fsp3) is 0.800. The molecule has 4 atom stereocenters. The Kier molecular flexibility index (Phi) is 4.82. The molecule has 7 nitrogen and oxygen atoms in total. The van der Waals surface area contributed by atoms with Crippen LogP contribution in [0, 0.1) is 18.8 Å². The normalized spacial score (nSPS) is 32.1. The summed E-state index contributed by atoms with van der Waals surface area (Å²) in [5.74, 6) is 4.20. The van der Waals surface area contributed by atoms with Gasteiger partial charge in [-0.2, -0.15) is 0 Å². The van der Waals surface area contributed by atoms with Crippen LogP contribution in [0.15, 0.2) is 4.99 Å². The highest BCUT2D eigenvalue weighted by Crippen LogP contribution is 2.47. The quantitative estimate of drug-likeness (QED) is 0.428. The van der Waals surface area contributed by atoms with Crippen molar-refractivity contribution in [2.45, 2.75) is 38.5 Å². The van der Waals surface area contributed by atoms with Crippen molar-refractivity contribution in [2.24, 2.45) is 23.9 Å². The number of aryl methyl sites for hydroxylation is 1. The third-order valence-corrected chi connectivity index (χ3v) is 5.55. The van der Waals surface area contributed by atoms with Crippen molar-refractivity contribution in [2.75, 3.05) is 20.1 Å². The summed E-state index contributed by atoms with van der Waals surface area (Å²) in [4.78, 5) is 6.83. The second-order valence-electron chi connectivity index (χ2n) is 6.65. The van der Waals surface area contributed by atoms with Crippen molar-refractivity contribution < 1.29 is 4.74 Å². The maximum Gasteiger partial charge on any atom is 0.194 e. The van der Waals surface area contributed by atoms with Gasteiger partial charge in [-0.3, -0.25) is 4.99 Å². The molecule has 128 valence electrons. The van der Waals surface area contributed by atoms with E-state index < -0.39 is 0 Å². The Labute approximate surface area is 153 Å². The number of hydrogen-bond acceptors (Lipinski definition) is 4. The van der Waals surface area contributed by atoms with E-state index in [0.717, 1.165) is 30.7 Å². The minimum absolute atomic E-state index is 0. The zero-order valence-electron chi connectivity index (χ0n) is 13.9. The molecular weight excluding hydrogens is 407 g/mol. The maximum absolute atomic E-state index is 6.04. The highest BCUT2D eigenvalue weighted by Gasteiger charge is 2.53. The van der Waals surface area contributed by atoms with E-state index in [1.807, 2.05) is 25.6 Å². The summed E-state index contributed by atoms with van der Waals surface area (Å²) < 4.78 is 8.05. The molecule has 4 rings (SSSR count). The molecule has 0 radical (unpaired) electrons. The first-order chi connectivity index (χ1) is 10.7. The Hall–Kier alpha value is -0.900. The number of nitrogens with one attached hydrogen (secondary N) is 1. The molecule has 3 aliphatic rings. The van der Waals surface area contributed by atoms with E-state index in [0.29, 0.717) is 30.6 Å². The molecule has 0 aliphatic carbocycles. The molecular formula is C15H25IN6O. The Balaban J connectivity index is 0.00000156. The van der Waals surface area contributed by atoms with Gasteiger partial charge in [0.25, 0.3) is 0 Å². The lowest BCUT2D eigenvalue weighted by molar-refractivity contribution is 0.0767.